The molecule has 2 heteroatoms. The van der Waals surface area contributed by atoms with Gasteiger partial charge in [-0.1, -0.05) is 24.3 Å². The molecule has 0 aliphatic carbocycles. The molecule has 0 saturated carbocycles. The molecule has 0 radical (unpaired) electrons. The van der Waals surface area contributed by atoms with E-state index in [2.05, 4.69) is 29.2 Å². The van der Waals surface area contributed by atoms with Gasteiger partial charge >= 0.3 is 0 Å². The lowest BCUT2D eigenvalue weighted by Crippen LogP contribution is -2.09. The number of para-hydroxylation sites is 1. The maximum atomic E-state index is 5.81. The Bertz CT molecular complexity index is 531. The highest BCUT2D eigenvalue weighted by Gasteiger charge is 2.15. The molecule has 2 aromatic rings. The van der Waals surface area contributed by atoms with E-state index in [9.17, 15) is 0 Å². The van der Waals surface area contributed by atoms with Crippen LogP contribution in [0, 0.1) is 6.92 Å². The Labute approximate surface area is 101 Å². The number of aromatic nitrogens is 1. The molecule has 0 N–H and O–H groups in total. The van der Waals surface area contributed by atoms with Crippen molar-refractivity contribution in [1.82, 2.24) is 4.98 Å². The van der Waals surface area contributed by atoms with Gasteiger partial charge in [-0.05, 0) is 31.4 Å². The van der Waals surface area contributed by atoms with Crippen LogP contribution in [0.1, 0.15) is 17.7 Å². The largest absolute Gasteiger partial charge is 0.493 e. The maximum Gasteiger partial charge on any atom is 0.130 e. The Morgan fingerprint density at radius 1 is 1.18 bits per heavy atom. The molecule has 1 aliphatic rings. The molecule has 86 valence electrons. The van der Waals surface area contributed by atoms with Gasteiger partial charge in [0.2, 0.25) is 0 Å². The molecule has 0 fully saturated rings. The zero-order valence-electron chi connectivity index (χ0n) is 9.94. The van der Waals surface area contributed by atoms with E-state index in [1.807, 2.05) is 19.2 Å². The Kier molecular flexibility index (Phi) is 2.56. The van der Waals surface area contributed by atoms with Crippen molar-refractivity contribution in [3.8, 4) is 16.9 Å². The van der Waals surface area contributed by atoms with E-state index in [1.54, 1.807) is 0 Å². The number of nitrogens with zero attached hydrogens (tertiary/aromatic N) is 1. The third-order valence-electron chi connectivity index (χ3n) is 3.16. The minimum atomic E-state index is 0.823. The molecule has 0 bridgehead atoms. The van der Waals surface area contributed by atoms with E-state index in [0.717, 1.165) is 42.0 Å². The number of pyridine rings is 1. The summed E-state index contributed by atoms with van der Waals surface area (Å²) in [6.07, 6.45) is 4.15. The minimum absolute atomic E-state index is 0.823. The molecule has 0 spiro atoms. The Balaban J connectivity index is 2.11. The van der Waals surface area contributed by atoms with Gasteiger partial charge in [-0.15, -0.1) is 0 Å². The SMILES string of the molecule is Cc1ccc(-c2cccc3c2OCCC3)cn1. The van der Waals surface area contributed by atoms with Gasteiger partial charge in [0, 0.05) is 23.0 Å². The predicted molar refractivity (Wildman–Crippen MR) is 68.2 cm³/mol. The molecule has 0 saturated heterocycles. The zero-order chi connectivity index (χ0) is 11.7. The van der Waals surface area contributed by atoms with Gasteiger partial charge in [0.1, 0.15) is 5.75 Å². The summed E-state index contributed by atoms with van der Waals surface area (Å²) in [7, 11) is 0. The molecule has 1 aliphatic heterocycles. The highest BCUT2D eigenvalue weighted by atomic mass is 16.5. The van der Waals surface area contributed by atoms with E-state index in [1.165, 1.54) is 5.56 Å². The van der Waals surface area contributed by atoms with Gasteiger partial charge in [-0.25, -0.2) is 0 Å². The van der Waals surface area contributed by atoms with E-state index in [0.29, 0.717) is 0 Å². The van der Waals surface area contributed by atoms with Crippen LogP contribution in [-0.4, -0.2) is 11.6 Å². The van der Waals surface area contributed by atoms with E-state index in [-0.39, 0.29) is 0 Å². The van der Waals surface area contributed by atoms with Crippen molar-refractivity contribution < 1.29 is 4.74 Å². The smallest absolute Gasteiger partial charge is 0.130 e. The molecular weight excluding hydrogens is 210 g/mol. The molecule has 1 aromatic carbocycles. The lowest BCUT2D eigenvalue weighted by atomic mass is 9.98. The number of rotatable bonds is 1. The van der Waals surface area contributed by atoms with Gasteiger partial charge in [-0.3, -0.25) is 4.98 Å². The molecular formula is C15H15NO. The number of aryl methyl sites for hydroxylation is 2. The molecule has 0 amide bonds. The summed E-state index contributed by atoms with van der Waals surface area (Å²) in [6, 6.07) is 10.5. The van der Waals surface area contributed by atoms with Crippen molar-refractivity contribution in [3.63, 3.8) is 0 Å². The number of ether oxygens (including phenoxy) is 1. The lowest BCUT2D eigenvalue weighted by molar-refractivity contribution is 0.289. The first kappa shape index (κ1) is 10.3. The normalized spacial score (nSPS) is 13.9. The number of fused-ring (bicyclic) bond motifs is 1. The van der Waals surface area contributed by atoms with Crippen LogP contribution in [-0.2, 0) is 6.42 Å². The summed E-state index contributed by atoms with van der Waals surface area (Å²) in [5.41, 5.74) is 4.65. The maximum absolute atomic E-state index is 5.81. The van der Waals surface area contributed by atoms with Crippen LogP contribution in [0.15, 0.2) is 36.5 Å². The highest BCUT2D eigenvalue weighted by Crippen LogP contribution is 2.35. The second-order valence-corrected chi connectivity index (χ2v) is 4.43. The third kappa shape index (κ3) is 1.91. The van der Waals surface area contributed by atoms with Crippen LogP contribution in [0.5, 0.6) is 5.75 Å². The number of benzene rings is 1. The van der Waals surface area contributed by atoms with Crippen molar-refractivity contribution in [2.24, 2.45) is 0 Å². The fourth-order valence-corrected chi connectivity index (χ4v) is 2.24. The quantitative estimate of drug-likeness (QED) is 0.742. The number of hydrogen-bond acceptors (Lipinski definition) is 2. The van der Waals surface area contributed by atoms with E-state index < -0.39 is 0 Å². The first-order valence-corrected chi connectivity index (χ1v) is 6.02. The van der Waals surface area contributed by atoms with Crippen molar-refractivity contribution in [3.05, 3.63) is 47.8 Å². The Morgan fingerprint density at radius 2 is 2.12 bits per heavy atom. The second kappa shape index (κ2) is 4.21. The molecule has 0 atom stereocenters. The van der Waals surface area contributed by atoms with Crippen molar-refractivity contribution >= 4 is 0 Å². The van der Waals surface area contributed by atoms with Gasteiger partial charge in [0.25, 0.3) is 0 Å². The van der Waals surface area contributed by atoms with Gasteiger partial charge in [0.05, 0.1) is 6.61 Å². The third-order valence-corrected chi connectivity index (χ3v) is 3.16. The molecule has 3 rings (SSSR count). The van der Waals surface area contributed by atoms with Gasteiger partial charge in [-0.2, -0.15) is 0 Å². The molecule has 17 heavy (non-hydrogen) atoms. The fraction of sp³-hybridized carbons (Fsp3) is 0.267. The average molecular weight is 225 g/mol. The predicted octanol–water partition coefficient (Wildman–Crippen LogP) is 3.38. The summed E-state index contributed by atoms with van der Waals surface area (Å²) in [4.78, 5) is 4.35. The van der Waals surface area contributed by atoms with Crippen molar-refractivity contribution in [2.45, 2.75) is 19.8 Å². The zero-order valence-corrected chi connectivity index (χ0v) is 9.94. The van der Waals surface area contributed by atoms with Crippen molar-refractivity contribution in [1.29, 1.82) is 0 Å². The Hall–Kier alpha value is -1.83. The molecule has 2 nitrogen and oxygen atoms in total. The van der Waals surface area contributed by atoms with Crippen molar-refractivity contribution in [2.75, 3.05) is 6.61 Å². The van der Waals surface area contributed by atoms with Crippen LogP contribution in [0.2, 0.25) is 0 Å². The van der Waals surface area contributed by atoms with Crippen LogP contribution in [0.4, 0.5) is 0 Å². The summed E-state index contributed by atoms with van der Waals surface area (Å²) in [6.45, 7) is 2.82. The second-order valence-electron chi connectivity index (χ2n) is 4.43. The topological polar surface area (TPSA) is 22.1 Å². The van der Waals surface area contributed by atoms with Crippen LogP contribution < -0.4 is 4.74 Å². The van der Waals surface area contributed by atoms with Crippen LogP contribution in [0.3, 0.4) is 0 Å². The average Bonchev–Trinajstić information content (AvgIpc) is 2.39. The van der Waals surface area contributed by atoms with Gasteiger partial charge < -0.3 is 4.74 Å². The lowest BCUT2D eigenvalue weighted by Gasteiger charge is -2.20. The fourth-order valence-electron chi connectivity index (χ4n) is 2.24. The van der Waals surface area contributed by atoms with Crippen LogP contribution >= 0.6 is 0 Å². The molecule has 0 unspecified atom stereocenters. The van der Waals surface area contributed by atoms with E-state index >= 15 is 0 Å². The Morgan fingerprint density at radius 3 is 2.94 bits per heavy atom. The summed E-state index contributed by atoms with van der Waals surface area (Å²) >= 11 is 0. The van der Waals surface area contributed by atoms with Gasteiger partial charge in [0.15, 0.2) is 0 Å². The summed E-state index contributed by atoms with van der Waals surface area (Å²) in [5, 5.41) is 0. The first-order valence-electron chi connectivity index (χ1n) is 6.02. The van der Waals surface area contributed by atoms with Crippen LogP contribution in [0.25, 0.3) is 11.1 Å². The standard InChI is InChI=1S/C15H15NO/c1-11-7-8-13(10-16-11)14-6-2-4-12-5-3-9-17-15(12)14/h2,4,6-8,10H,3,5,9H2,1H3. The molecule has 1 aromatic heterocycles. The summed E-state index contributed by atoms with van der Waals surface area (Å²) in [5.74, 6) is 1.05. The molecule has 2 heterocycles. The van der Waals surface area contributed by atoms with E-state index in [4.69, 9.17) is 4.74 Å². The minimum Gasteiger partial charge on any atom is -0.493 e. The summed E-state index contributed by atoms with van der Waals surface area (Å²) < 4.78 is 5.81. The first-order chi connectivity index (χ1) is 8.34. The highest BCUT2D eigenvalue weighted by molar-refractivity contribution is 5.71. The monoisotopic (exact) mass is 225 g/mol. The number of hydrogen-bond donors (Lipinski definition) is 0.